The summed E-state index contributed by atoms with van der Waals surface area (Å²) in [6.45, 7) is 2.19. The fourth-order valence-electron chi connectivity index (χ4n) is 4.39. The average Bonchev–Trinajstić information content (AvgIpc) is 3.38. The number of nitrogens with two attached hydrogens (primary N) is 1. The molecule has 162 valence electrons. The predicted molar refractivity (Wildman–Crippen MR) is 124 cm³/mol. The Morgan fingerprint density at radius 1 is 1.23 bits per heavy atom. The van der Waals surface area contributed by atoms with Gasteiger partial charge in [0.15, 0.2) is 0 Å². The number of rotatable bonds is 8. The summed E-state index contributed by atoms with van der Waals surface area (Å²) in [4.78, 5) is 34.2. The molecule has 1 saturated heterocycles. The minimum atomic E-state index is -0.386. The van der Waals surface area contributed by atoms with Gasteiger partial charge < -0.3 is 15.5 Å². The second-order valence-corrected chi connectivity index (χ2v) is 9.22. The number of benzene rings is 1. The number of aromatic nitrogens is 1. The zero-order chi connectivity index (χ0) is 21.8. The molecule has 1 aliphatic rings. The summed E-state index contributed by atoms with van der Waals surface area (Å²) >= 11 is 1.45. The van der Waals surface area contributed by atoms with Crippen molar-refractivity contribution < 1.29 is 9.59 Å². The number of likely N-dealkylation sites (tertiary alicyclic amines) is 1. The van der Waals surface area contributed by atoms with Crippen LogP contribution in [-0.2, 0) is 17.8 Å². The molecule has 1 fully saturated rings. The van der Waals surface area contributed by atoms with Gasteiger partial charge in [-0.1, -0.05) is 24.3 Å². The normalized spacial score (nSPS) is 16.3. The van der Waals surface area contributed by atoms with Gasteiger partial charge in [0, 0.05) is 43.0 Å². The van der Waals surface area contributed by atoms with Gasteiger partial charge in [-0.3, -0.25) is 14.6 Å². The second-order valence-electron chi connectivity index (χ2n) is 8.17. The number of amides is 2. The number of carbonyl (C=O) groups excluding carboxylic acids is 2. The molecule has 1 atom stereocenters. The molecule has 1 aromatic carbocycles. The molecule has 0 saturated carbocycles. The van der Waals surface area contributed by atoms with Crippen LogP contribution < -0.4 is 5.73 Å². The molecule has 1 aliphatic heterocycles. The first-order valence-electron chi connectivity index (χ1n) is 10.7. The van der Waals surface area contributed by atoms with Crippen LogP contribution in [0.15, 0.2) is 48.7 Å². The number of pyridine rings is 1. The van der Waals surface area contributed by atoms with E-state index in [1.54, 1.807) is 6.20 Å². The summed E-state index contributed by atoms with van der Waals surface area (Å²) in [7, 11) is 2.01. The molecule has 3 aromatic rings. The van der Waals surface area contributed by atoms with Crippen LogP contribution in [0.25, 0.3) is 10.1 Å². The number of hydrogen-bond acceptors (Lipinski definition) is 5. The largest absolute Gasteiger partial charge is 0.365 e. The third kappa shape index (κ3) is 4.94. The van der Waals surface area contributed by atoms with Crippen LogP contribution in [0.2, 0.25) is 0 Å². The topological polar surface area (TPSA) is 79.5 Å². The SMILES string of the molecule is CN(CCC(=O)N1CCC[C@@H]1Cc1c(C(N)=O)sc2ccccc12)Cc1ccccn1. The quantitative estimate of drug-likeness (QED) is 0.587. The molecule has 0 unspecified atom stereocenters. The molecule has 4 rings (SSSR count). The van der Waals surface area contributed by atoms with Gasteiger partial charge in [-0.25, -0.2) is 0 Å². The highest BCUT2D eigenvalue weighted by Crippen LogP contribution is 2.34. The van der Waals surface area contributed by atoms with Gasteiger partial charge in [0.2, 0.25) is 5.91 Å². The van der Waals surface area contributed by atoms with E-state index in [-0.39, 0.29) is 17.9 Å². The van der Waals surface area contributed by atoms with E-state index in [0.29, 0.717) is 24.3 Å². The van der Waals surface area contributed by atoms with Crippen LogP contribution >= 0.6 is 11.3 Å². The molecule has 0 radical (unpaired) electrons. The lowest BCUT2D eigenvalue weighted by Crippen LogP contribution is -2.38. The van der Waals surface area contributed by atoms with E-state index in [1.165, 1.54) is 11.3 Å². The van der Waals surface area contributed by atoms with Crippen LogP contribution in [0.5, 0.6) is 0 Å². The lowest BCUT2D eigenvalue weighted by Gasteiger charge is -2.26. The molecule has 7 heteroatoms. The van der Waals surface area contributed by atoms with Crippen LogP contribution in [0.1, 0.15) is 40.2 Å². The van der Waals surface area contributed by atoms with Crippen molar-refractivity contribution in [3.63, 3.8) is 0 Å². The molecule has 2 aromatic heterocycles. The molecule has 3 heterocycles. The summed E-state index contributed by atoms with van der Waals surface area (Å²) in [6, 6.07) is 14.0. The Kier molecular flexibility index (Phi) is 6.63. The van der Waals surface area contributed by atoms with E-state index in [9.17, 15) is 9.59 Å². The van der Waals surface area contributed by atoms with Crippen LogP contribution in [0, 0.1) is 0 Å². The molecule has 0 spiro atoms. The molecule has 0 bridgehead atoms. The zero-order valence-corrected chi connectivity index (χ0v) is 18.6. The van der Waals surface area contributed by atoms with Gasteiger partial charge in [0.1, 0.15) is 0 Å². The monoisotopic (exact) mass is 436 g/mol. The minimum absolute atomic E-state index is 0.115. The maximum Gasteiger partial charge on any atom is 0.259 e. The van der Waals surface area contributed by atoms with Gasteiger partial charge in [-0.2, -0.15) is 0 Å². The molecule has 2 N–H and O–H groups in total. The first-order valence-corrected chi connectivity index (χ1v) is 11.5. The van der Waals surface area contributed by atoms with Crippen molar-refractivity contribution in [3.8, 4) is 0 Å². The fraction of sp³-hybridized carbons (Fsp3) is 0.375. The summed E-state index contributed by atoms with van der Waals surface area (Å²) < 4.78 is 1.07. The molecule has 0 aliphatic carbocycles. The Morgan fingerprint density at radius 3 is 2.81 bits per heavy atom. The van der Waals surface area contributed by atoms with Gasteiger partial charge in [-0.15, -0.1) is 11.3 Å². The van der Waals surface area contributed by atoms with Crippen molar-refractivity contribution >= 4 is 33.2 Å². The standard InChI is InChI=1S/C24H28N4O2S/c1-27(16-17-7-4-5-12-26-17)14-11-22(29)28-13-6-8-18(28)15-20-19-9-2-3-10-21(19)31-23(20)24(25)30/h2-5,7,9-10,12,18H,6,8,11,13-16H2,1H3,(H2,25,30)/t18-/m1/s1. The fourth-order valence-corrected chi connectivity index (χ4v) is 5.47. The van der Waals surface area contributed by atoms with Crippen molar-refractivity contribution in [3.05, 3.63) is 64.8 Å². The second kappa shape index (κ2) is 9.58. The Labute approximate surface area is 186 Å². The lowest BCUT2D eigenvalue weighted by molar-refractivity contribution is -0.132. The van der Waals surface area contributed by atoms with Crippen molar-refractivity contribution in [2.75, 3.05) is 20.1 Å². The minimum Gasteiger partial charge on any atom is -0.365 e. The Bertz CT molecular complexity index is 1070. The van der Waals surface area contributed by atoms with Crippen LogP contribution in [0.4, 0.5) is 0 Å². The molecule has 6 nitrogen and oxygen atoms in total. The van der Waals surface area contributed by atoms with Crippen molar-refractivity contribution in [1.29, 1.82) is 0 Å². The number of carbonyl (C=O) groups is 2. The summed E-state index contributed by atoms with van der Waals surface area (Å²) in [6.07, 6.45) is 4.90. The highest BCUT2D eigenvalue weighted by molar-refractivity contribution is 7.21. The Balaban J connectivity index is 1.41. The highest BCUT2D eigenvalue weighted by atomic mass is 32.1. The first kappa shape index (κ1) is 21.5. The Hall–Kier alpha value is -2.77. The lowest BCUT2D eigenvalue weighted by atomic mass is 10.00. The van der Waals surface area contributed by atoms with Gasteiger partial charge in [-0.05, 0) is 55.5 Å². The van der Waals surface area contributed by atoms with E-state index < -0.39 is 0 Å². The van der Waals surface area contributed by atoms with Crippen molar-refractivity contribution in [2.45, 2.75) is 38.3 Å². The van der Waals surface area contributed by atoms with E-state index in [0.717, 1.165) is 47.3 Å². The summed E-state index contributed by atoms with van der Waals surface area (Å²) in [5.41, 5.74) is 7.66. The number of fused-ring (bicyclic) bond motifs is 1. The maximum atomic E-state index is 13.0. The van der Waals surface area contributed by atoms with Crippen LogP contribution in [-0.4, -0.2) is 52.8 Å². The first-order chi connectivity index (χ1) is 15.0. The molecule has 2 amide bonds. The Morgan fingerprint density at radius 2 is 2.03 bits per heavy atom. The average molecular weight is 437 g/mol. The van der Waals surface area contributed by atoms with E-state index in [4.69, 9.17) is 5.73 Å². The predicted octanol–water partition coefficient (Wildman–Crippen LogP) is 3.45. The smallest absolute Gasteiger partial charge is 0.259 e. The number of nitrogens with zero attached hydrogens (tertiary/aromatic N) is 3. The zero-order valence-electron chi connectivity index (χ0n) is 17.8. The van der Waals surface area contributed by atoms with E-state index >= 15 is 0 Å². The molecular formula is C24H28N4O2S. The summed E-state index contributed by atoms with van der Waals surface area (Å²) in [5, 5.41) is 1.08. The number of hydrogen-bond donors (Lipinski definition) is 1. The third-order valence-electron chi connectivity index (χ3n) is 5.92. The van der Waals surface area contributed by atoms with E-state index in [2.05, 4.69) is 9.88 Å². The van der Waals surface area contributed by atoms with E-state index in [1.807, 2.05) is 54.4 Å². The van der Waals surface area contributed by atoms with Crippen molar-refractivity contribution in [1.82, 2.24) is 14.8 Å². The summed E-state index contributed by atoms with van der Waals surface area (Å²) in [5.74, 6) is -0.209. The molecule has 31 heavy (non-hydrogen) atoms. The van der Waals surface area contributed by atoms with Gasteiger partial charge >= 0.3 is 0 Å². The third-order valence-corrected chi connectivity index (χ3v) is 7.15. The van der Waals surface area contributed by atoms with Gasteiger partial charge in [0.25, 0.3) is 5.91 Å². The maximum absolute atomic E-state index is 13.0. The van der Waals surface area contributed by atoms with Crippen molar-refractivity contribution in [2.24, 2.45) is 5.73 Å². The van der Waals surface area contributed by atoms with Crippen LogP contribution in [0.3, 0.4) is 0 Å². The molecular weight excluding hydrogens is 408 g/mol. The number of primary amides is 1. The highest BCUT2D eigenvalue weighted by Gasteiger charge is 2.30. The van der Waals surface area contributed by atoms with Gasteiger partial charge in [0.05, 0.1) is 10.6 Å². The number of thiophene rings is 1.